The van der Waals surface area contributed by atoms with Crippen molar-refractivity contribution in [2.45, 2.75) is 19.0 Å². The van der Waals surface area contributed by atoms with E-state index in [0.717, 1.165) is 29.0 Å². The molecule has 8 heteroatoms. The molecule has 0 fully saturated rings. The zero-order valence-electron chi connectivity index (χ0n) is 15.3. The smallest absolute Gasteiger partial charge is 0.240 e. The van der Waals surface area contributed by atoms with Gasteiger partial charge in [0, 0.05) is 17.5 Å². The molecule has 1 aliphatic rings. The molecule has 0 saturated heterocycles. The second-order valence-corrected chi connectivity index (χ2v) is 6.85. The van der Waals surface area contributed by atoms with E-state index in [1.54, 1.807) is 11.7 Å². The topological polar surface area (TPSA) is 81.2 Å². The van der Waals surface area contributed by atoms with Gasteiger partial charge in [-0.2, -0.15) is 5.10 Å². The monoisotopic (exact) mass is 396 g/mol. The Bertz CT molecular complexity index is 1040. The third-order valence-corrected chi connectivity index (χ3v) is 5.01. The molecule has 1 amide bonds. The summed E-state index contributed by atoms with van der Waals surface area (Å²) < 4.78 is 12.9. The molecule has 2 N–H and O–H groups in total. The SMILES string of the molecule is COc1ccc(-c2n[nH]c(=S)n2CC(=O)NC2CCOc3ccccc32)cc1. The number of aromatic nitrogens is 3. The minimum Gasteiger partial charge on any atom is -0.497 e. The predicted molar refractivity (Wildman–Crippen MR) is 107 cm³/mol. The van der Waals surface area contributed by atoms with Gasteiger partial charge in [0.2, 0.25) is 5.91 Å². The van der Waals surface area contributed by atoms with Crippen LogP contribution in [0.4, 0.5) is 0 Å². The zero-order chi connectivity index (χ0) is 19.5. The second kappa shape index (κ2) is 7.85. The fraction of sp³-hybridized carbons (Fsp3) is 0.250. The number of carbonyl (C=O) groups excluding carboxylic acids is 1. The van der Waals surface area contributed by atoms with Gasteiger partial charge >= 0.3 is 0 Å². The lowest BCUT2D eigenvalue weighted by Crippen LogP contribution is -2.34. The molecule has 0 radical (unpaired) electrons. The summed E-state index contributed by atoms with van der Waals surface area (Å²) in [6, 6.07) is 15.1. The Morgan fingerprint density at radius 1 is 1.32 bits per heavy atom. The Kier molecular flexibility index (Phi) is 5.12. The van der Waals surface area contributed by atoms with Gasteiger partial charge < -0.3 is 14.8 Å². The predicted octanol–water partition coefficient (Wildman–Crippen LogP) is 3.26. The van der Waals surface area contributed by atoms with Crippen LogP contribution < -0.4 is 14.8 Å². The molecule has 1 aromatic heterocycles. The van der Waals surface area contributed by atoms with Crippen LogP contribution in [0.15, 0.2) is 48.5 Å². The number of carbonyl (C=O) groups is 1. The van der Waals surface area contributed by atoms with Gasteiger partial charge in [-0.15, -0.1) is 0 Å². The lowest BCUT2D eigenvalue weighted by atomic mass is 10.0. The van der Waals surface area contributed by atoms with Gasteiger partial charge in [-0.1, -0.05) is 18.2 Å². The van der Waals surface area contributed by atoms with Crippen LogP contribution in [0, 0.1) is 4.77 Å². The van der Waals surface area contributed by atoms with Crippen molar-refractivity contribution >= 4 is 18.1 Å². The largest absolute Gasteiger partial charge is 0.497 e. The van der Waals surface area contributed by atoms with Crippen LogP contribution in [0.3, 0.4) is 0 Å². The van der Waals surface area contributed by atoms with Crippen LogP contribution in [0.1, 0.15) is 18.0 Å². The summed E-state index contributed by atoms with van der Waals surface area (Å²) >= 11 is 5.33. The third-order valence-electron chi connectivity index (χ3n) is 4.70. The molecular formula is C20H20N4O3S. The van der Waals surface area contributed by atoms with Crippen LogP contribution in [0.2, 0.25) is 0 Å². The Balaban J connectivity index is 1.53. The molecule has 1 unspecified atom stereocenters. The van der Waals surface area contributed by atoms with E-state index in [2.05, 4.69) is 15.5 Å². The van der Waals surface area contributed by atoms with Gasteiger partial charge in [0.05, 0.1) is 19.8 Å². The first-order valence-electron chi connectivity index (χ1n) is 8.96. The van der Waals surface area contributed by atoms with Crippen LogP contribution >= 0.6 is 12.2 Å². The average Bonchev–Trinajstić information content (AvgIpc) is 3.08. The Labute approximate surface area is 167 Å². The van der Waals surface area contributed by atoms with Gasteiger partial charge in [-0.05, 0) is 42.5 Å². The number of rotatable bonds is 5. The minimum absolute atomic E-state index is 0.0796. The van der Waals surface area contributed by atoms with Crippen molar-refractivity contribution in [3.05, 3.63) is 58.9 Å². The van der Waals surface area contributed by atoms with Gasteiger partial charge in [-0.25, -0.2) is 0 Å². The van der Waals surface area contributed by atoms with Gasteiger partial charge in [-0.3, -0.25) is 14.5 Å². The summed E-state index contributed by atoms with van der Waals surface area (Å²) in [6.45, 7) is 0.653. The molecule has 2 aromatic carbocycles. The van der Waals surface area contributed by atoms with Crippen LogP contribution in [0.25, 0.3) is 11.4 Å². The van der Waals surface area contributed by atoms with E-state index in [9.17, 15) is 4.79 Å². The number of nitrogens with one attached hydrogen (secondary N) is 2. The summed E-state index contributed by atoms with van der Waals surface area (Å²) in [4.78, 5) is 12.7. The van der Waals surface area contributed by atoms with Crippen molar-refractivity contribution in [2.24, 2.45) is 0 Å². The molecule has 0 saturated carbocycles. The molecule has 144 valence electrons. The molecule has 28 heavy (non-hydrogen) atoms. The van der Waals surface area contributed by atoms with Crippen LogP contribution in [0.5, 0.6) is 11.5 Å². The molecule has 4 rings (SSSR count). The number of ether oxygens (including phenoxy) is 2. The highest BCUT2D eigenvalue weighted by molar-refractivity contribution is 7.71. The molecular weight excluding hydrogens is 376 g/mol. The maximum atomic E-state index is 12.7. The number of benzene rings is 2. The summed E-state index contributed by atoms with van der Waals surface area (Å²) in [5, 5.41) is 10.1. The Morgan fingerprint density at radius 3 is 2.89 bits per heavy atom. The number of hydrogen-bond acceptors (Lipinski definition) is 5. The highest BCUT2D eigenvalue weighted by atomic mass is 32.1. The maximum Gasteiger partial charge on any atom is 0.240 e. The maximum absolute atomic E-state index is 12.7. The first-order valence-corrected chi connectivity index (χ1v) is 9.37. The lowest BCUT2D eigenvalue weighted by molar-refractivity contribution is -0.122. The number of methoxy groups -OCH3 is 1. The van der Waals surface area contributed by atoms with E-state index in [0.29, 0.717) is 17.2 Å². The highest BCUT2D eigenvalue weighted by Gasteiger charge is 2.23. The van der Waals surface area contributed by atoms with Gasteiger partial charge in [0.25, 0.3) is 0 Å². The number of nitrogens with zero attached hydrogens (tertiary/aromatic N) is 2. The quantitative estimate of drug-likeness (QED) is 0.647. The number of aromatic amines is 1. The highest BCUT2D eigenvalue weighted by Crippen LogP contribution is 2.31. The third kappa shape index (κ3) is 3.63. The number of H-pyrrole nitrogens is 1. The first kappa shape index (κ1) is 18.2. The second-order valence-electron chi connectivity index (χ2n) is 6.46. The van der Waals surface area contributed by atoms with E-state index < -0.39 is 0 Å². The van der Waals surface area contributed by atoms with Gasteiger partial charge in [0.1, 0.15) is 18.0 Å². The standard InChI is InChI=1S/C20H20N4O3S/c1-26-14-8-6-13(7-9-14)19-22-23-20(28)24(19)12-18(25)21-16-10-11-27-17-5-3-2-4-15(16)17/h2-9,16H,10-12H2,1H3,(H,21,25)(H,23,28). The summed E-state index contributed by atoms with van der Waals surface area (Å²) in [5.74, 6) is 2.04. The van der Waals surface area contributed by atoms with Crippen molar-refractivity contribution in [3.63, 3.8) is 0 Å². The molecule has 7 nitrogen and oxygen atoms in total. The normalized spacial score (nSPS) is 15.4. The number of para-hydroxylation sites is 1. The fourth-order valence-corrected chi connectivity index (χ4v) is 3.50. The number of hydrogen-bond donors (Lipinski definition) is 2. The Morgan fingerprint density at radius 2 is 2.11 bits per heavy atom. The van der Waals surface area contributed by atoms with E-state index in [-0.39, 0.29) is 18.5 Å². The molecule has 0 aliphatic carbocycles. The number of amides is 1. The minimum atomic E-state index is -0.131. The molecule has 1 aliphatic heterocycles. The van der Waals surface area contributed by atoms with Gasteiger partial charge in [0.15, 0.2) is 10.6 Å². The van der Waals surface area contributed by atoms with Crippen molar-refractivity contribution in [1.82, 2.24) is 20.1 Å². The van der Waals surface area contributed by atoms with Crippen LogP contribution in [-0.2, 0) is 11.3 Å². The number of fused-ring (bicyclic) bond motifs is 1. The average molecular weight is 396 g/mol. The van der Waals surface area contributed by atoms with Crippen molar-refractivity contribution in [2.75, 3.05) is 13.7 Å². The molecule has 0 spiro atoms. The molecule has 2 heterocycles. The summed E-state index contributed by atoms with van der Waals surface area (Å²) in [6.07, 6.45) is 0.727. The Hall–Kier alpha value is -3.13. The van der Waals surface area contributed by atoms with Crippen molar-refractivity contribution in [1.29, 1.82) is 0 Å². The first-order chi connectivity index (χ1) is 13.7. The summed E-state index contributed by atoms with van der Waals surface area (Å²) in [5.41, 5.74) is 1.84. The van der Waals surface area contributed by atoms with Crippen LogP contribution in [-0.4, -0.2) is 34.4 Å². The zero-order valence-corrected chi connectivity index (χ0v) is 16.2. The van der Waals surface area contributed by atoms with E-state index in [4.69, 9.17) is 21.7 Å². The fourth-order valence-electron chi connectivity index (χ4n) is 3.30. The molecule has 0 bridgehead atoms. The summed E-state index contributed by atoms with van der Waals surface area (Å²) in [7, 11) is 1.61. The lowest BCUT2D eigenvalue weighted by Gasteiger charge is -2.26. The molecule has 1 atom stereocenters. The van der Waals surface area contributed by atoms with Crippen molar-refractivity contribution < 1.29 is 14.3 Å². The van der Waals surface area contributed by atoms with E-state index >= 15 is 0 Å². The van der Waals surface area contributed by atoms with E-state index in [1.807, 2.05) is 48.5 Å². The van der Waals surface area contributed by atoms with Crippen molar-refractivity contribution in [3.8, 4) is 22.9 Å². The van der Waals surface area contributed by atoms with E-state index in [1.165, 1.54) is 0 Å². The molecule has 3 aromatic rings.